The van der Waals surface area contributed by atoms with Crippen LogP contribution < -0.4 is 5.32 Å². The van der Waals surface area contributed by atoms with Gasteiger partial charge in [-0.15, -0.1) is 11.3 Å². The van der Waals surface area contributed by atoms with Crippen molar-refractivity contribution in [2.24, 2.45) is 0 Å². The van der Waals surface area contributed by atoms with E-state index in [1.54, 1.807) is 6.92 Å². The lowest BCUT2D eigenvalue weighted by molar-refractivity contribution is -0.124. The van der Waals surface area contributed by atoms with E-state index in [1.807, 2.05) is 12.3 Å². The van der Waals surface area contributed by atoms with Crippen LogP contribution in [0.15, 0.2) is 28.5 Å². The van der Waals surface area contributed by atoms with Crippen molar-refractivity contribution in [3.63, 3.8) is 0 Å². The van der Waals surface area contributed by atoms with Crippen LogP contribution in [0, 0.1) is 19.7 Å². The molecule has 0 saturated carbocycles. The van der Waals surface area contributed by atoms with E-state index in [-0.39, 0.29) is 23.9 Å². The topological polar surface area (TPSA) is 79.4 Å². The first-order chi connectivity index (χ1) is 12.3. The summed E-state index contributed by atoms with van der Waals surface area (Å²) in [4.78, 5) is 16.7. The number of carbonyl (C=O) groups is 1. The van der Waals surface area contributed by atoms with Crippen molar-refractivity contribution < 1.29 is 17.6 Å². The van der Waals surface area contributed by atoms with Gasteiger partial charge in [-0.3, -0.25) is 4.79 Å². The maximum Gasteiger partial charge on any atom is 0.243 e. The number of amides is 1. The second kappa shape index (κ2) is 7.42. The first-order valence-electron chi connectivity index (χ1n) is 8.26. The van der Waals surface area contributed by atoms with Crippen LogP contribution in [0.4, 0.5) is 4.39 Å². The minimum atomic E-state index is -3.93. The SMILES string of the molecule is Cc1nc(CNC(=O)C2CCCN2S(=O)(=O)c2ccc(C)c(F)c2)cs1. The van der Waals surface area contributed by atoms with Crippen molar-refractivity contribution in [3.05, 3.63) is 45.7 Å². The van der Waals surface area contributed by atoms with Crippen LogP contribution >= 0.6 is 11.3 Å². The standard InChI is InChI=1S/C17H20FN3O3S2/c1-11-5-6-14(8-15(11)18)26(23,24)21-7-3-4-16(21)17(22)19-9-13-10-25-12(2)20-13/h5-6,8,10,16H,3-4,7,9H2,1-2H3,(H,19,22). The molecule has 3 rings (SSSR count). The number of nitrogens with zero attached hydrogens (tertiary/aromatic N) is 2. The number of sulfonamides is 1. The van der Waals surface area contributed by atoms with Gasteiger partial charge in [0.05, 0.1) is 22.1 Å². The zero-order valence-electron chi connectivity index (χ0n) is 14.5. The first-order valence-corrected chi connectivity index (χ1v) is 10.6. The van der Waals surface area contributed by atoms with Gasteiger partial charge in [0.1, 0.15) is 11.9 Å². The fourth-order valence-corrected chi connectivity index (χ4v) is 5.23. The van der Waals surface area contributed by atoms with Crippen molar-refractivity contribution in [2.45, 2.75) is 44.2 Å². The lowest BCUT2D eigenvalue weighted by atomic mass is 10.2. The summed E-state index contributed by atoms with van der Waals surface area (Å²) in [5.74, 6) is -0.936. The number of rotatable bonds is 5. The van der Waals surface area contributed by atoms with Crippen LogP contribution in [0.1, 0.15) is 29.1 Å². The normalized spacial score (nSPS) is 18.2. The largest absolute Gasteiger partial charge is 0.349 e. The fraction of sp³-hybridized carbons (Fsp3) is 0.412. The minimum Gasteiger partial charge on any atom is -0.349 e. The van der Waals surface area contributed by atoms with E-state index in [9.17, 15) is 17.6 Å². The van der Waals surface area contributed by atoms with Gasteiger partial charge in [0.15, 0.2) is 0 Å². The third-order valence-electron chi connectivity index (χ3n) is 4.37. The van der Waals surface area contributed by atoms with E-state index in [2.05, 4.69) is 10.3 Å². The van der Waals surface area contributed by atoms with Gasteiger partial charge in [0.2, 0.25) is 15.9 Å². The quantitative estimate of drug-likeness (QED) is 0.840. The Morgan fingerprint density at radius 2 is 2.19 bits per heavy atom. The van der Waals surface area contributed by atoms with E-state index in [0.29, 0.717) is 18.4 Å². The Morgan fingerprint density at radius 1 is 1.42 bits per heavy atom. The summed E-state index contributed by atoms with van der Waals surface area (Å²) in [6, 6.07) is 3.02. The number of halogens is 1. The second-order valence-electron chi connectivity index (χ2n) is 6.26. The van der Waals surface area contributed by atoms with Crippen LogP contribution in [-0.2, 0) is 21.4 Å². The van der Waals surface area contributed by atoms with Gasteiger partial charge in [-0.2, -0.15) is 4.31 Å². The molecule has 1 aromatic heterocycles. The lowest BCUT2D eigenvalue weighted by Gasteiger charge is -2.23. The number of aryl methyl sites for hydroxylation is 2. The zero-order chi connectivity index (χ0) is 18.9. The Kier molecular flexibility index (Phi) is 5.40. The molecule has 0 radical (unpaired) electrons. The van der Waals surface area contributed by atoms with Gasteiger partial charge in [0, 0.05) is 11.9 Å². The third kappa shape index (κ3) is 3.79. The number of nitrogens with one attached hydrogen (secondary N) is 1. The van der Waals surface area contributed by atoms with E-state index in [4.69, 9.17) is 0 Å². The minimum absolute atomic E-state index is 0.129. The molecular formula is C17H20FN3O3S2. The summed E-state index contributed by atoms with van der Waals surface area (Å²) in [5, 5.41) is 5.51. The van der Waals surface area contributed by atoms with Crippen molar-refractivity contribution in [1.29, 1.82) is 0 Å². The number of hydrogen-bond acceptors (Lipinski definition) is 5. The molecule has 1 unspecified atom stereocenters. The van der Waals surface area contributed by atoms with Crippen molar-refractivity contribution in [3.8, 4) is 0 Å². The van der Waals surface area contributed by atoms with E-state index in [1.165, 1.54) is 27.8 Å². The van der Waals surface area contributed by atoms with E-state index < -0.39 is 21.9 Å². The zero-order valence-corrected chi connectivity index (χ0v) is 16.2. The Hall–Kier alpha value is -1.84. The number of aromatic nitrogens is 1. The maximum atomic E-state index is 13.8. The molecule has 1 aromatic carbocycles. The monoisotopic (exact) mass is 397 g/mol. The highest BCUT2D eigenvalue weighted by Gasteiger charge is 2.39. The molecule has 1 aliphatic heterocycles. The molecule has 1 amide bonds. The van der Waals surface area contributed by atoms with Crippen molar-refractivity contribution in [1.82, 2.24) is 14.6 Å². The number of benzene rings is 1. The van der Waals surface area contributed by atoms with E-state index in [0.717, 1.165) is 16.8 Å². The molecule has 1 aliphatic rings. The summed E-state index contributed by atoms with van der Waals surface area (Å²) < 4.78 is 40.7. The maximum absolute atomic E-state index is 13.8. The summed E-state index contributed by atoms with van der Waals surface area (Å²) in [5.41, 5.74) is 1.12. The summed E-state index contributed by atoms with van der Waals surface area (Å²) in [7, 11) is -3.93. The summed E-state index contributed by atoms with van der Waals surface area (Å²) >= 11 is 1.49. The van der Waals surface area contributed by atoms with Crippen LogP contribution in [0.5, 0.6) is 0 Å². The highest BCUT2D eigenvalue weighted by molar-refractivity contribution is 7.89. The van der Waals surface area contributed by atoms with E-state index >= 15 is 0 Å². The highest BCUT2D eigenvalue weighted by Crippen LogP contribution is 2.27. The van der Waals surface area contributed by atoms with Gasteiger partial charge < -0.3 is 5.32 Å². The fourth-order valence-electron chi connectivity index (χ4n) is 2.94. The molecule has 0 bridgehead atoms. The van der Waals surface area contributed by atoms with Gasteiger partial charge in [-0.1, -0.05) is 6.07 Å². The second-order valence-corrected chi connectivity index (χ2v) is 9.21. The molecule has 2 aromatic rings. The molecule has 26 heavy (non-hydrogen) atoms. The number of hydrogen-bond donors (Lipinski definition) is 1. The Morgan fingerprint density at radius 3 is 2.85 bits per heavy atom. The molecule has 1 saturated heterocycles. The molecule has 0 aliphatic carbocycles. The molecule has 1 N–H and O–H groups in total. The molecule has 9 heteroatoms. The summed E-state index contributed by atoms with van der Waals surface area (Å²) in [6.45, 7) is 3.94. The van der Waals surface area contributed by atoms with Crippen molar-refractivity contribution >= 4 is 27.3 Å². The van der Waals surface area contributed by atoms with Crippen LogP contribution in [-0.4, -0.2) is 36.2 Å². The predicted octanol–water partition coefficient (Wildman–Crippen LogP) is 2.37. The van der Waals surface area contributed by atoms with Gasteiger partial charge in [-0.25, -0.2) is 17.8 Å². The lowest BCUT2D eigenvalue weighted by Crippen LogP contribution is -2.45. The van der Waals surface area contributed by atoms with Crippen LogP contribution in [0.2, 0.25) is 0 Å². The average molecular weight is 397 g/mol. The van der Waals surface area contributed by atoms with Crippen LogP contribution in [0.3, 0.4) is 0 Å². The summed E-state index contributed by atoms with van der Waals surface area (Å²) in [6.07, 6.45) is 1.02. The van der Waals surface area contributed by atoms with Gasteiger partial charge in [0.25, 0.3) is 0 Å². The van der Waals surface area contributed by atoms with Gasteiger partial charge in [-0.05, 0) is 44.4 Å². The number of carbonyl (C=O) groups excluding carboxylic acids is 1. The molecule has 1 fully saturated rings. The van der Waals surface area contributed by atoms with Crippen LogP contribution in [0.25, 0.3) is 0 Å². The molecule has 0 spiro atoms. The average Bonchev–Trinajstić information content (AvgIpc) is 3.24. The first kappa shape index (κ1) is 18.9. The molecule has 6 nitrogen and oxygen atoms in total. The third-order valence-corrected chi connectivity index (χ3v) is 7.09. The molecule has 1 atom stereocenters. The molecule has 2 heterocycles. The Labute approximate surface area is 156 Å². The smallest absolute Gasteiger partial charge is 0.243 e. The molecular weight excluding hydrogens is 377 g/mol. The highest BCUT2D eigenvalue weighted by atomic mass is 32.2. The predicted molar refractivity (Wildman–Crippen MR) is 96.7 cm³/mol. The number of thiazole rings is 1. The Balaban J connectivity index is 1.75. The van der Waals surface area contributed by atoms with Gasteiger partial charge >= 0.3 is 0 Å². The van der Waals surface area contributed by atoms with Crippen molar-refractivity contribution in [2.75, 3.05) is 6.54 Å². The molecule has 140 valence electrons. The Bertz CT molecular complexity index is 927.